The lowest BCUT2D eigenvalue weighted by Gasteiger charge is -2.35. The molecule has 5 heteroatoms. The third-order valence-electron chi connectivity index (χ3n) is 3.44. The van der Waals surface area contributed by atoms with Crippen molar-refractivity contribution < 1.29 is 13.9 Å². The van der Waals surface area contributed by atoms with Crippen molar-refractivity contribution in [2.75, 3.05) is 31.1 Å². The molecule has 19 heavy (non-hydrogen) atoms. The maximum atomic E-state index is 13.7. The van der Waals surface area contributed by atoms with Gasteiger partial charge in [0.25, 0.3) is 0 Å². The van der Waals surface area contributed by atoms with Gasteiger partial charge in [0, 0.05) is 31.8 Å². The van der Waals surface area contributed by atoms with Crippen LogP contribution in [0.5, 0.6) is 0 Å². The zero-order valence-corrected chi connectivity index (χ0v) is 10.9. The van der Waals surface area contributed by atoms with Crippen molar-refractivity contribution in [1.82, 2.24) is 5.32 Å². The highest BCUT2D eigenvalue weighted by Crippen LogP contribution is 2.24. The van der Waals surface area contributed by atoms with E-state index in [0.717, 1.165) is 32.0 Å². The minimum absolute atomic E-state index is 0.169. The van der Waals surface area contributed by atoms with Crippen LogP contribution in [0.25, 0.3) is 0 Å². The Morgan fingerprint density at radius 1 is 1.37 bits per heavy atom. The second-order valence-corrected chi connectivity index (χ2v) is 4.91. The molecular weight excluding hydrogens is 250 g/mol. The summed E-state index contributed by atoms with van der Waals surface area (Å²) in [5.74, 6) is -0.788. The molecule has 1 aromatic rings. The average molecular weight is 270 g/mol. The number of benzene rings is 1. The number of halogens is 2. The van der Waals surface area contributed by atoms with Gasteiger partial charge in [-0.25, -0.2) is 8.78 Å². The zero-order chi connectivity index (χ0) is 13.7. The zero-order valence-electron chi connectivity index (χ0n) is 10.9. The van der Waals surface area contributed by atoms with Crippen molar-refractivity contribution in [2.24, 2.45) is 0 Å². The molecular formula is C14H20F2N2O. The van der Waals surface area contributed by atoms with Gasteiger partial charge in [-0.2, -0.15) is 0 Å². The Kier molecular flexibility index (Phi) is 5.10. The van der Waals surface area contributed by atoms with Gasteiger partial charge in [0.05, 0.1) is 5.69 Å². The molecule has 1 unspecified atom stereocenters. The molecule has 1 saturated heterocycles. The van der Waals surface area contributed by atoms with Crippen molar-refractivity contribution in [3.8, 4) is 0 Å². The predicted octanol–water partition coefficient (Wildman–Crippen LogP) is 1.91. The first-order chi connectivity index (χ1) is 9.20. The number of anilines is 1. The van der Waals surface area contributed by atoms with Crippen molar-refractivity contribution in [2.45, 2.75) is 25.3 Å². The van der Waals surface area contributed by atoms with E-state index < -0.39 is 5.82 Å². The molecule has 1 aliphatic heterocycles. The SMILES string of the molecule is OCCCNC1CCCN(c2cc(F)ccc2F)C1. The second kappa shape index (κ2) is 6.82. The maximum Gasteiger partial charge on any atom is 0.146 e. The van der Waals surface area contributed by atoms with E-state index >= 15 is 0 Å². The molecule has 106 valence electrons. The Morgan fingerprint density at radius 3 is 3.00 bits per heavy atom. The molecule has 0 amide bonds. The van der Waals surface area contributed by atoms with Crippen LogP contribution in [0, 0.1) is 11.6 Å². The third kappa shape index (κ3) is 3.88. The van der Waals surface area contributed by atoms with Crippen LogP contribution in [-0.4, -0.2) is 37.4 Å². The van der Waals surface area contributed by atoms with E-state index in [2.05, 4.69) is 5.32 Å². The average Bonchev–Trinajstić information content (AvgIpc) is 2.42. The second-order valence-electron chi connectivity index (χ2n) is 4.91. The number of hydrogen-bond donors (Lipinski definition) is 2. The summed E-state index contributed by atoms with van der Waals surface area (Å²) in [4.78, 5) is 1.89. The molecule has 0 bridgehead atoms. The van der Waals surface area contributed by atoms with Crippen LogP contribution in [0.1, 0.15) is 19.3 Å². The summed E-state index contributed by atoms with van der Waals surface area (Å²) in [5, 5.41) is 12.1. The molecule has 2 rings (SSSR count). The van der Waals surface area contributed by atoms with E-state index in [1.165, 1.54) is 12.1 Å². The van der Waals surface area contributed by atoms with E-state index in [1.807, 2.05) is 4.90 Å². The molecule has 1 heterocycles. The molecule has 0 saturated carbocycles. The van der Waals surface area contributed by atoms with Gasteiger partial charge >= 0.3 is 0 Å². The van der Waals surface area contributed by atoms with Crippen LogP contribution in [0.4, 0.5) is 14.5 Å². The molecule has 1 fully saturated rings. The first-order valence-electron chi connectivity index (χ1n) is 6.75. The number of rotatable bonds is 5. The van der Waals surface area contributed by atoms with E-state index in [0.29, 0.717) is 18.7 Å². The first-order valence-corrected chi connectivity index (χ1v) is 6.75. The monoisotopic (exact) mass is 270 g/mol. The number of aliphatic hydroxyl groups excluding tert-OH is 1. The lowest BCUT2D eigenvalue weighted by molar-refractivity contribution is 0.280. The highest BCUT2D eigenvalue weighted by molar-refractivity contribution is 5.48. The van der Waals surface area contributed by atoms with Crippen molar-refractivity contribution in [3.05, 3.63) is 29.8 Å². The summed E-state index contributed by atoms with van der Waals surface area (Å²) in [6.45, 7) is 2.34. The fourth-order valence-corrected chi connectivity index (χ4v) is 2.48. The predicted molar refractivity (Wildman–Crippen MR) is 71.3 cm³/mol. The summed E-state index contributed by atoms with van der Waals surface area (Å²) in [6, 6.07) is 3.83. The quantitative estimate of drug-likeness (QED) is 0.802. The van der Waals surface area contributed by atoms with Gasteiger partial charge in [0.2, 0.25) is 0 Å². The summed E-state index contributed by atoms with van der Waals surface area (Å²) in [6.07, 6.45) is 2.69. The smallest absolute Gasteiger partial charge is 0.146 e. The van der Waals surface area contributed by atoms with Gasteiger partial charge in [-0.05, 0) is 37.9 Å². The fraction of sp³-hybridized carbons (Fsp3) is 0.571. The Labute approximate surface area is 112 Å². The summed E-state index contributed by atoms with van der Waals surface area (Å²) in [7, 11) is 0. The molecule has 1 aliphatic rings. The van der Waals surface area contributed by atoms with E-state index in [4.69, 9.17) is 5.11 Å². The summed E-state index contributed by atoms with van der Waals surface area (Å²) >= 11 is 0. The van der Waals surface area contributed by atoms with E-state index in [-0.39, 0.29) is 18.5 Å². The summed E-state index contributed by atoms with van der Waals surface area (Å²) in [5.41, 5.74) is 0.341. The number of piperidine rings is 1. The van der Waals surface area contributed by atoms with Crippen LogP contribution in [0.15, 0.2) is 18.2 Å². The van der Waals surface area contributed by atoms with Crippen molar-refractivity contribution in [1.29, 1.82) is 0 Å². The van der Waals surface area contributed by atoms with Crippen LogP contribution >= 0.6 is 0 Å². The van der Waals surface area contributed by atoms with Gasteiger partial charge in [0.1, 0.15) is 11.6 Å². The lowest BCUT2D eigenvalue weighted by atomic mass is 10.0. The lowest BCUT2D eigenvalue weighted by Crippen LogP contribution is -2.46. The Balaban J connectivity index is 1.98. The first kappa shape index (κ1) is 14.2. The van der Waals surface area contributed by atoms with Crippen LogP contribution in [-0.2, 0) is 0 Å². The van der Waals surface area contributed by atoms with Gasteiger partial charge in [-0.1, -0.05) is 0 Å². The fourth-order valence-electron chi connectivity index (χ4n) is 2.48. The Hall–Kier alpha value is -1.20. The van der Waals surface area contributed by atoms with E-state index in [9.17, 15) is 8.78 Å². The van der Waals surface area contributed by atoms with Gasteiger partial charge in [-0.3, -0.25) is 0 Å². The number of aliphatic hydroxyl groups is 1. The Morgan fingerprint density at radius 2 is 2.21 bits per heavy atom. The molecule has 0 spiro atoms. The number of nitrogens with one attached hydrogen (secondary N) is 1. The van der Waals surface area contributed by atoms with Gasteiger partial charge < -0.3 is 15.3 Å². The topological polar surface area (TPSA) is 35.5 Å². The Bertz CT molecular complexity index is 414. The highest BCUT2D eigenvalue weighted by atomic mass is 19.1. The molecule has 1 atom stereocenters. The van der Waals surface area contributed by atoms with Crippen molar-refractivity contribution in [3.63, 3.8) is 0 Å². The molecule has 0 radical (unpaired) electrons. The molecule has 3 nitrogen and oxygen atoms in total. The molecule has 2 N–H and O–H groups in total. The van der Waals surface area contributed by atoms with Crippen molar-refractivity contribution >= 4 is 5.69 Å². The maximum absolute atomic E-state index is 13.7. The normalized spacial score (nSPS) is 19.7. The van der Waals surface area contributed by atoms with Crippen LogP contribution in [0.3, 0.4) is 0 Å². The van der Waals surface area contributed by atoms with Crippen LogP contribution in [0.2, 0.25) is 0 Å². The van der Waals surface area contributed by atoms with Gasteiger partial charge in [0.15, 0.2) is 0 Å². The highest BCUT2D eigenvalue weighted by Gasteiger charge is 2.21. The van der Waals surface area contributed by atoms with E-state index in [1.54, 1.807) is 0 Å². The molecule has 0 aromatic heterocycles. The minimum atomic E-state index is -0.410. The standard InChI is InChI=1S/C14H20F2N2O/c15-11-4-5-13(16)14(9-11)18-7-1-3-12(10-18)17-6-2-8-19/h4-5,9,12,17,19H,1-3,6-8,10H2. The third-order valence-corrected chi connectivity index (χ3v) is 3.44. The van der Waals surface area contributed by atoms with Gasteiger partial charge in [-0.15, -0.1) is 0 Å². The number of hydrogen-bond acceptors (Lipinski definition) is 3. The molecule has 1 aromatic carbocycles. The largest absolute Gasteiger partial charge is 0.396 e. The molecule has 0 aliphatic carbocycles. The van der Waals surface area contributed by atoms with Crippen LogP contribution < -0.4 is 10.2 Å². The number of nitrogens with zero attached hydrogens (tertiary/aromatic N) is 1. The summed E-state index contributed by atoms with van der Waals surface area (Å²) < 4.78 is 26.9. The minimum Gasteiger partial charge on any atom is -0.396 e.